The number of ether oxygens (including phenoxy) is 2. The highest BCUT2D eigenvalue weighted by molar-refractivity contribution is 5.74. The van der Waals surface area contributed by atoms with Crippen molar-refractivity contribution in [1.82, 2.24) is 5.32 Å². The Kier molecular flexibility index (Phi) is 9.16. The molecular weight excluding hydrogens is 361 g/mol. The standard InChI is InChI=1S/C22H32FNO4/c1-15(2)12-17(20(25)27-6)14-18(23)19(13-16-10-8-7-9-11-16)24-21(26)28-22(3,4)5/h7-11,14-15,17,19H,12-13H2,1-6H3,(H,24,26)/b18-14-/t17-,19-/m1/s1. The fourth-order valence-corrected chi connectivity index (χ4v) is 2.72. The van der Waals surface area contributed by atoms with Gasteiger partial charge in [0.05, 0.1) is 19.1 Å². The van der Waals surface area contributed by atoms with Crippen LogP contribution in [0.2, 0.25) is 0 Å². The van der Waals surface area contributed by atoms with E-state index in [4.69, 9.17) is 9.47 Å². The van der Waals surface area contributed by atoms with E-state index in [1.54, 1.807) is 20.8 Å². The van der Waals surface area contributed by atoms with Gasteiger partial charge in [-0.1, -0.05) is 44.2 Å². The minimum absolute atomic E-state index is 0.180. The van der Waals surface area contributed by atoms with Crippen LogP contribution in [0.3, 0.4) is 0 Å². The molecule has 0 radical (unpaired) electrons. The van der Waals surface area contributed by atoms with Crippen molar-refractivity contribution in [3.8, 4) is 0 Å². The fourth-order valence-electron chi connectivity index (χ4n) is 2.72. The molecule has 5 nitrogen and oxygen atoms in total. The number of hydrogen-bond donors (Lipinski definition) is 1. The lowest BCUT2D eigenvalue weighted by molar-refractivity contribution is -0.144. The van der Waals surface area contributed by atoms with E-state index >= 15 is 4.39 Å². The monoisotopic (exact) mass is 393 g/mol. The van der Waals surface area contributed by atoms with E-state index in [9.17, 15) is 9.59 Å². The van der Waals surface area contributed by atoms with Gasteiger partial charge in [-0.2, -0.15) is 0 Å². The minimum atomic E-state index is -0.948. The molecule has 1 aromatic carbocycles. The van der Waals surface area contributed by atoms with Gasteiger partial charge in [0, 0.05) is 0 Å². The van der Waals surface area contributed by atoms with Crippen molar-refractivity contribution in [3.63, 3.8) is 0 Å². The molecule has 0 heterocycles. The van der Waals surface area contributed by atoms with Crippen LogP contribution in [0.1, 0.15) is 46.6 Å². The molecule has 1 N–H and O–H groups in total. The van der Waals surface area contributed by atoms with Gasteiger partial charge in [0.2, 0.25) is 0 Å². The first-order chi connectivity index (χ1) is 13.0. The summed E-state index contributed by atoms with van der Waals surface area (Å²) in [4.78, 5) is 24.2. The van der Waals surface area contributed by atoms with Gasteiger partial charge in [-0.3, -0.25) is 4.79 Å². The summed E-state index contributed by atoms with van der Waals surface area (Å²) in [6.07, 6.45) is 1.22. The molecule has 0 aliphatic rings. The van der Waals surface area contributed by atoms with Crippen LogP contribution in [0.15, 0.2) is 42.2 Å². The van der Waals surface area contributed by atoms with Crippen molar-refractivity contribution < 1.29 is 23.5 Å². The first-order valence-corrected chi connectivity index (χ1v) is 9.50. The first-order valence-electron chi connectivity index (χ1n) is 9.50. The van der Waals surface area contributed by atoms with Gasteiger partial charge in [-0.05, 0) is 51.2 Å². The van der Waals surface area contributed by atoms with Crippen LogP contribution in [0, 0.1) is 11.8 Å². The number of benzene rings is 1. The normalized spacial score (nSPS) is 14.4. The molecular formula is C22H32FNO4. The van der Waals surface area contributed by atoms with Crippen LogP contribution >= 0.6 is 0 Å². The smallest absolute Gasteiger partial charge is 0.408 e. The molecule has 1 aromatic rings. The Morgan fingerprint density at radius 3 is 2.29 bits per heavy atom. The van der Waals surface area contributed by atoms with E-state index < -0.39 is 35.5 Å². The molecule has 0 fully saturated rings. The average Bonchev–Trinajstić information content (AvgIpc) is 2.58. The second-order valence-electron chi connectivity index (χ2n) is 8.20. The number of rotatable bonds is 8. The molecule has 1 amide bonds. The summed E-state index contributed by atoms with van der Waals surface area (Å²) in [5.74, 6) is -1.63. The van der Waals surface area contributed by atoms with E-state index in [1.807, 2.05) is 44.2 Å². The zero-order chi connectivity index (χ0) is 21.3. The highest BCUT2D eigenvalue weighted by atomic mass is 19.1. The number of carbonyl (C=O) groups excluding carboxylic acids is 2. The van der Waals surface area contributed by atoms with Gasteiger partial charge in [-0.25, -0.2) is 9.18 Å². The van der Waals surface area contributed by atoms with Crippen molar-refractivity contribution in [2.75, 3.05) is 7.11 Å². The van der Waals surface area contributed by atoms with E-state index in [0.29, 0.717) is 6.42 Å². The van der Waals surface area contributed by atoms with Crippen molar-refractivity contribution >= 4 is 12.1 Å². The SMILES string of the molecule is COC(=O)[C@@H](/C=C(\F)[C@@H](Cc1ccccc1)NC(=O)OC(C)(C)C)CC(C)C. The van der Waals surface area contributed by atoms with Gasteiger partial charge >= 0.3 is 12.1 Å². The first kappa shape index (κ1) is 23.7. The van der Waals surface area contributed by atoms with Gasteiger partial charge in [0.1, 0.15) is 11.4 Å². The second-order valence-corrected chi connectivity index (χ2v) is 8.20. The number of methoxy groups -OCH3 is 1. The van der Waals surface area contributed by atoms with Gasteiger partial charge in [0.25, 0.3) is 0 Å². The molecule has 0 bridgehead atoms. The Labute approximate surface area is 167 Å². The number of carbonyl (C=O) groups is 2. The van der Waals surface area contributed by atoms with E-state index in [1.165, 1.54) is 13.2 Å². The Hall–Kier alpha value is -2.37. The number of nitrogens with one attached hydrogen (secondary N) is 1. The number of amides is 1. The Morgan fingerprint density at radius 2 is 1.79 bits per heavy atom. The molecule has 2 atom stereocenters. The molecule has 0 unspecified atom stereocenters. The highest BCUT2D eigenvalue weighted by Crippen LogP contribution is 2.21. The van der Waals surface area contributed by atoms with Crippen LogP contribution in [-0.4, -0.2) is 30.8 Å². The molecule has 0 aliphatic heterocycles. The summed E-state index contributed by atoms with van der Waals surface area (Å²) >= 11 is 0. The number of halogens is 1. The van der Waals surface area contributed by atoms with Crippen LogP contribution in [0.25, 0.3) is 0 Å². The van der Waals surface area contributed by atoms with Crippen molar-refractivity contribution in [2.24, 2.45) is 11.8 Å². The lowest BCUT2D eigenvalue weighted by atomic mass is 9.94. The molecule has 0 aromatic heterocycles. The maximum atomic E-state index is 15.1. The van der Waals surface area contributed by atoms with Crippen molar-refractivity contribution in [3.05, 3.63) is 47.8 Å². The Morgan fingerprint density at radius 1 is 1.18 bits per heavy atom. The van der Waals surface area contributed by atoms with E-state index in [0.717, 1.165) is 5.56 Å². The van der Waals surface area contributed by atoms with E-state index in [-0.39, 0.29) is 12.3 Å². The van der Waals surface area contributed by atoms with Crippen molar-refractivity contribution in [2.45, 2.75) is 59.1 Å². The van der Waals surface area contributed by atoms with Crippen LogP contribution < -0.4 is 5.32 Å². The lowest BCUT2D eigenvalue weighted by Crippen LogP contribution is -2.41. The number of esters is 1. The number of hydrogen-bond acceptors (Lipinski definition) is 4. The molecule has 0 aliphatic carbocycles. The molecule has 28 heavy (non-hydrogen) atoms. The second kappa shape index (κ2) is 10.8. The zero-order valence-corrected chi connectivity index (χ0v) is 17.6. The maximum Gasteiger partial charge on any atom is 0.408 e. The van der Waals surface area contributed by atoms with Crippen LogP contribution in [-0.2, 0) is 20.7 Å². The summed E-state index contributed by atoms with van der Waals surface area (Å²) in [5, 5.41) is 2.58. The van der Waals surface area contributed by atoms with Gasteiger partial charge < -0.3 is 14.8 Å². The minimum Gasteiger partial charge on any atom is -0.469 e. The van der Waals surface area contributed by atoms with Gasteiger partial charge in [-0.15, -0.1) is 0 Å². The summed E-state index contributed by atoms with van der Waals surface area (Å²) in [5.41, 5.74) is 0.152. The zero-order valence-electron chi connectivity index (χ0n) is 17.6. The predicted octanol–water partition coefficient (Wildman–Crippen LogP) is 4.81. The molecule has 1 rings (SSSR count). The summed E-state index contributed by atoms with van der Waals surface area (Å²) in [6.45, 7) is 9.10. The predicted molar refractivity (Wildman–Crippen MR) is 107 cm³/mol. The fraction of sp³-hybridized carbons (Fsp3) is 0.545. The highest BCUT2D eigenvalue weighted by Gasteiger charge is 2.26. The maximum absolute atomic E-state index is 15.1. The van der Waals surface area contributed by atoms with Crippen molar-refractivity contribution in [1.29, 1.82) is 0 Å². The molecule has 6 heteroatoms. The molecule has 0 saturated heterocycles. The third-order valence-corrected chi connectivity index (χ3v) is 3.90. The quantitative estimate of drug-likeness (QED) is 0.644. The van der Waals surface area contributed by atoms with E-state index in [2.05, 4.69) is 5.32 Å². The Balaban J connectivity index is 3.09. The third-order valence-electron chi connectivity index (χ3n) is 3.90. The Bertz CT molecular complexity index is 665. The van der Waals surface area contributed by atoms with Crippen LogP contribution in [0.5, 0.6) is 0 Å². The summed E-state index contributed by atoms with van der Waals surface area (Å²) in [6, 6.07) is 8.31. The number of alkyl carbamates (subject to hydrolysis) is 1. The topological polar surface area (TPSA) is 64.6 Å². The molecule has 0 spiro atoms. The summed E-state index contributed by atoms with van der Waals surface area (Å²) < 4.78 is 25.2. The largest absolute Gasteiger partial charge is 0.469 e. The average molecular weight is 393 g/mol. The molecule has 0 saturated carbocycles. The van der Waals surface area contributed by atoms with Crippen LogP contribution in [0.4, 0.5) is 9.18 Å². The van der Waals surface area contributed by atoms with Gasteiger partial charge in [0.15, 0.2) is 0 Å². The molecule has 156 valence electrons. The third kappa shape index (κ3) is 9.02. The summed E-state index contributed by atoms with van der Waals surface area (Å²) in [7, 11) is 1.28. The lowest BCUT2D eigenvalue weighted by Gasteiger charge is -2.24.